The third kappa shape index (κ3) is 5.17. The number of amides is 2. The van der Waals surface area contributed by atoms with E-state index in [0.717, 1.165) is 5.56 Å². The van der Waals surface area contributed by atoms with Crippen molar-refractivity contribution in [2.24, 2.45) is 11.7 Å². The van der Waals surface area contributed by atoms with E-state index in [9.17, 15) is 14.7 Å². The van der Waals surface area contributed by atoms with Crippen molar-refractivity contribution in [1.82, 2.24) is 5.32 Å². The largest absolute Gasteiger partial charge is 0.504 e. The number of phenols is 1. The Morgan fingerprint density at radius 1 is 1.40 bits per heavy atom. The number of hydrogen-bond donors (Lipinski definition) is 3. The van der Waals surface area contributed by atoms with E-state index < -0.39 is 5.91 Å². The van der Waals surface area contributed by atoms with Crippen LogP contribution in [0.25, 0.3) is 0 Å². The van der Waals surface area contributed by atoms with Crippen LogP contribution in [0.3, 0.4) is 0 Å². The molecule has 0 saturated carbocycles. The molecule has 1 rings (SSSR count). The lowest BCUT2D eigenvalue weighted by molar-refractivity contribution is -0.122. The van der Waals surface area contributed by atoms with Crippen molar-refractivity contribution in [2.45, 2.75) is 26.3 Å². The summed E-state index contributed by atoms with van der Waals surface area (Å²) in [6.45, 7) is 2.10. The van der Waals surface area contributed by atoms with Gasteiger partial charge < -0.3 is 20.9 Å². The van der Waals surface area contributed by atoms with Crippen LogP contribution in [-0.4, -0.2) is 24.0 Å². The molecule has 1 aromatic rings. The van der Waals surface area contributed by atoms with Crippen molar-refractivity contribution in [2.75, 3.05) is 7.11 Å². The van der Waals surface area contributed by atoms with Crippen molar-refractivity contribution < 1.29 is 19.4 Å². The zero-order valence-corrected chi connectivity index (χ0v) is 11.7. The van der Waals surface area contributed by atoms with Crippen LogP contribution in [0.5, 0.6) is 11.5 Å². The molecule has 0 aliphatic rings. The minimum absolute atomic E-state index is 0.0290. The molecule has 0 spiro atoms. The highest BCUT2D eigenvalue weighted by atomic mass is 16.5. The van der Waals surface area contributed by atoms with Gasteiger partial charge in [-0.25, -0.2) is 0 Å². The van der Waals surface area contributed by atoms with Gasteiger partial charge in [-0.3, -0.25) is 9.59 Å². The van der Waals surface area contributed by atoms with E-state index in [2.05, 4.69) is 5.32 Å². The Hall–Kier alpha value is -2.24. The van der Waals surface area contributed by atoms with Crippen LogP contribution in [0, 0.1) is 5.92 Å². The number of phenolic OH excluding ortho intramolecular Hbond substituents is 1. The first-order valence-electron chi connectivity index (χ1n) is 6.33. The zero-order valence-electron chi connectivity index (χ0n) is 11.7. The minimum Gasteiger partial charge on any atom is -0.504 e. The van der Waals surface area contributed by atoms with Gasteiger partial charge in [0, 0.05) is 19.4 Å². The van der Waals surface area contributed by atoms with Gasteiger partial charge in [0.1, 0.15) is 0 Å². The Kier molecular flexibility index (Phi) is 5.83. The summed E-state index contributed by atoms with van der Waals surface area (Å²) in [6.07, 6.45) is 0.432. The second-order valence-electron chi connectivity index (χ2n) is 4.76. The molecule has 20 heavy (non-hydrogen) atoms. The Balaban J connectivity index is 2.44. The molecule has 0 bridgehead atoms. The minimum atomic E-state index is -0.412. The second-order valence-corrected chi connectivity index (χ2v) is 4.76. The van der Waals surface area contributed by atoms with Crippen LogP contribution in [0.15, 0.2) is 18.2 Å². The highest BCUT2D eigenvalue weighted by Crippen LogP contribution is 2.26. The smallest absolute Gasteiger partial charge is 0.220 e. The molecular weight excluding hydrogens is 260 g/mol. The molecule has 4 N–H and O–H groups in total. The highest BCUT2D eigenvalue weighted by molar-refractivity contribution is 5.78. The van der Waals surface area contributed by atoms with E-state index in [4.69, 9.17) is 10.5 Å². The Bertz CT molecular complexity index is 488. The molecule has 0 heterocycles. The number of aromatic hydroxyl groups is 1. The fourth-order valence-corrected chi connectivity index (χ4v) is 1.85. The van der Waals surface area contributed by atoms with Gasteiger partial charge in [0.2, 0.25) is 11.8 Å². The standard InChI is InChI=1S/C14H20N2O4/c1-9(5-13(15)18)6-14(19)16-8-10-3-4-12(20-2)11(17)7-10/h3-4,7,9,17H,5-6,8H2,1-2H3,(H2,15,18)(H,16,19)/t9-/m1/s1. The number of nitrogens with two attached hydrogens (primary N) is 1. The summed E-state index contributed by atoms with van der Waals surface area (Å²) in [4.78, 5) is 22.4. The number of nitrogens with one attached hydrogen (secondary N) is 1. The van der Waals surface area contributed by atoms with Crippen LogP contribution in [0.4, 0.5) is 0 Å². The van der Waals surface area contributed by atoms with E-state index in [1.807, 2.05) is 0 Å². The van der Waals surface area contributed by atoms with Gasteiger partial charge in [-0.2, -0.15) is 0 Å². The van der Waals surface area contributed by atoms with Crippen LogP contribution < -0.4 is 15.8 Å². The van der Waals surface area contributed by atoms with Gasteiger partial charge in [-0.05, 0) is 23.6 Å². The number of rotatable bonds is 7. The van der Waals surface area contributed by atoms with Crippen molar-refractivity contribution in [3.8, 4) is 11.5 Å². The van der Waals surface area contributed by atoms with Gasteiger partial charge in [-0.15, -0.1) is 0 Å². The summed E-state index contributed by atoms with van der Waals surface area (Å²) in [5.41, 5.74) is 5.83. The summed E-state index contributed by atoms with van der Waals surface area (Å²) in [7, 11) is 1.47. The van der Waals surface area contributed by atoms with Crippen LogP contribution in [-0.2, 0) is 16.1 Å². The first kappa shape index (κ1) is 15.8. The number of ether oxygens (including phenoxy) is 1. The molecule has 110 valence electrons. The summed E-state index contributed by atoms with van der Waals surface area (Å²) in [5, 5.41) is 12.3. The summed E-state index contributed by atoms with van der Waals surface area (Å²) >= 11 is 0. The van der Waals surface area contributed by atoms with Gasteiger partial charge in [-0.1, -0.05) is 13.0 Å². The first-order valence-corrected chi connectivity index (χ1v) is 6.33. The average Bonchev–Trinajstić information content (AvgIpc) is 2.35. The maximum Gasteiger partial charge on any atom is 0.220 e. The topological polar surface area (TPSA) is 102 Å². The van der Waals surface area contributed by atoms with E-state index in [1.54, 1.807) is 19.1 Å². The molecule has 0 unspecified atom stereocenters. The van der Waals surface area contributed by atoms with E-state index in [1.165, 1.54) is 13.2 Å². The molecular formula is C14H20N2O4. The Labute approximate surface area is 117 Å². The molecule has 0 saturated heterocycles. The number of primary amides is 1. The third-order valence-corrected chi connectivity index (χ3v) is 2.82. The van der Waals surface area contributed by atoms with Gasteiger partial charge in [0.15, 0.2) is 11.5 Å². The van der Waals surface area contributed by atoms with E-state index in [-0.39, 0.29) is 30.4 Å². The molecule has 0 fully saturated rings. The number of methoxy groups -OCH3 is 1. The monoisotopic (exact) mass is 280 g/mol. The fourth-order valence-electron chi connectivity index (χ4n) is 1.85. The second kappa shape index (κ2) is 7.37. The SMILES string of the molecule is COc1ccc(CNC(=O)C[C@H](C)CC(N)=O)cc1O. The normalized spacial score (nSPS) is 11.7. The maximum atomic E-state index is 11.7. The predicted molar refractivity (Wildman–Crippen MR) is 74.1 cm³/mol. The lowest BCUT2D eigenvalue weighted by Gasteiger charge is -2.10. The molecule has 6 nitrogen and oxygen atoms in total. The predicted octanol–water partition coefficient (Wildman–Crippen LogP) is 0.919. The van der Waals surface area contributed by atoms with Crippen LogP contribution in [0.1, 0.15) is 25.3 Å². The summed E-state index contributed by atoms with van der Waals surface area (Å²) in [5.74, 6) is -0.243. The van der Waals surface area contributed by atoms with Crippen LogP contribution >= 0.6 is 0 Å². The molecule has 1 atom stereocenters. The first-order chi connectivity index (χ1) is 9.42. The van der Waals surface area contributed by atoms with Gasteiger partial charge >= 0.3 is 0 Å². The van der Waals surface area contributed by atoms with Crippen LogP contribution in [0.2, 0.25) is 0 Å². The third-order valence-electron chi connectivity index (χ3n) is 2.82. The van der Waals surface area contributed by atoms with Gasteiger partial charge in [0.25, 0.3) is 0 Å². The molecule has 0 aromatic heterocycles. The van der Waals surface area contributed by atoms with Gasteiger partial charge in [0.05, 0.1) is 7.11 Å². The molecule has 0 aliphatic carbocycles. The summed E-state index contributed by atoms with van der Waals surface area (Å²) in [6, 6.07) is 4.92. The number of benzene rings is 1. The van der Waals surface area contributed by atoms with Crippen molar-refractivity contribution >= 4 is 11.8 Å². The highest BCUT2D eigenvalue weighted by Gasteiger charge is 2.11. The zero-order chi connectivity index (χ0) is 15.1. The summed E-state index contributed by atoms with van der Waals surface area (Å²) < 4.78 is 4.93. The van der Waals surface area contributed by atoms with Crippen molar-refractivity contribution in [3.63, 3.8) is 0 Å². The van der Waals surface area contributed by atoms with E-state index in [0.29, 0.717) is 12.3 Å². The molecule has 1 aromatic carbocycles. The lowest BCUT2D eigenvalue weighted by atomic mass is 10.0. The number of carbonyl (C=O) groups excluding carboxylic acids is 2. The number of hydrogen-bond acceptors (Lipinski definition) is 4. The lowest BCUT2D eigenvalue weighted by Crippen LogP contribution is -2.26. The Morgan fingerprint density at radius 3 is 2.65 bits per heavy atom. The maximum absolute atomic E-state index is 11.7. The average molecular weight is 280 g/mol. The molecule has 2 amide bonds. The Morgan fingerprint density at radius 2 is 2.10 bits per heavy atom. The fraction of sp³-hybridized carbons (Fsp3) is 0.429. The van der Waals surface area contributed by atoms with E-state index >= 15 is 0 Å². The molecule has 0 aliphatic heterocycles. The quantitative estimate of drug-likeness (QED) is 0.691. The van der Waals surface area contributed by atoms with Crippen molar-refractivity contribution in [1.29, 1.82) is 0 Å². The number of carbonyl (C=O) groups is 2. The molecule has 0 radical (unpaired) electrons. The molecule has 6 heteroatoms. The van der Waals surface area contributed by atoms with Crippen molar-refractivity contribution in [3.05, 3.63) is 23.8 Å².